The highest BCUT2D eigenvalue weighted by atomic mass is 16.4. The van der Waals surface area contributed by atoms with Crippen LogP contribution in [0.3, 0.4) is 0 Å². The second-order valence-corrected chi connectivity index (χ2v) is 4.43. The number of furan rings is 1. The summed E-state index contributed by atoms with van der Waals surface area (Å²) in [6.45, 7) is 2.15. The van der Waals surface area contributed by atoms with Gasteiger partial charge >= 0.3 is 5.97 Å². The molecular weight excluding hydrogens is 236 g/mol. The maximum absolute atomic E-state index is 11.4. The molecule has 0 bridgehead atoms. The third-order valence-corrected chi connectivity index (χ3v) is 2.73. The zero-order chi connectivity index (χ0) is 13.1. The number of carbonyl (C=O) groups excluding carboxylic acids is 1. The smallest absolute Gasteiger partial charge is 0.339 e. The van der Waals surface area contributed by atoms with Gasteiger partial charge in [-0.25, -0.2) is 4.79 Å². The minimum Gasteiger partial charge on any atom is -0.478 e. The predicted octanol–water partition coefficient (Wildman–Crippen LogP) is 0.654. The molecule has 1 saturated carbocycles. The van der Waals surface area contributed by atoms with Gasteiger partial charge in [-0.05, 0) is 25.8 Å². The van der Waals surface area contributed by atoms with Gasteiger partial charge in [-0.3, -0.25) is 4.79 Å². The molecule has 0 radical (unpaired) electrons. The van der Waals surface area contributed by atoms with Gasteiger partial charge in [-0.15, -0.1) is 0 Å². The van der Waals surface area contributed by atoms with Crippen LogP contribution in [0.1, 0.15) is 34.7 Å². The Hall–Kier alpha value is -1.82. The van der Waals surface area contributed by atoms with Crippen LogP contribution in [0.5, 0.6) is 0 Å². The van der Waals surface area contributed by atoms with Crippen molar-refractivity contribution in [2.45, 2.75) is 32.4 Å². The van der Waals surface area contributed by atoms with Gasteiger partial charge < -0.3 is 20.2 Å². The lowest BCUT2D eigenvalue weighted by Crippen LogP contribution is -2.34. The first-order chi connectivity index (χ1) is 8.56. The molecule has 1 aromatic rings. The summed E-state index contributed by atoms with van der Waals surface area (Å²) in [5.74, 6) is -0.154. The summed E-state index contributed by atoms with van der Waals surface area (Å²) in [7, 11) is 0. The normalized spacial score (nSPS) is 14.5. The molecule has 0 aromatic carbocycles. The molecule has 0 saturated heterocycles. The van der Waals surface area contributed by atoms with Crippen LogP contribution in [-0.2, 0) is 11.3 Å². The summed E-state index contributed by atoms with van der Waals surface area (Å²) in [5, 5.41) is 14.6. The zero-order valence-corrected chi connectivity index (χ0v) is 10.2. The van der Waals surface area contributed by atoms with E-state index in [1.165, 1.54) is 6.07 Å². The summed E-state index contributed by atoms with van der Waals surface area (Å²) >= 11 is 0. The summed E-state index contributed by atoms with van der Waals surface area (Å²) in [5.41, 5.74) is 0.161. The van der Waals surface area contributed by atoms with Crippen molar-refractivity contribution in [3.8, 4) is 0 Å². The van der Waals surface area contributed by atoms with Gasteiger partial charge in [-0.2, -0.15) is 0 Å². The Kier molecular flexibility index (Phi) is 3.66. The first-order valence-electron chi connectivity index (χ1n) is 5.89. The first-order valence-corrected chi connectivity index (χ1v) is 5.89. The van der Waals surface area contributed by atoms with Gasteiger partial charge in [0.2, 0.25) is 5.91 Å². The topological polar surface area (TPSA) is 91.6 Å². The fraction of sp³-hybridized carbons (Fsp3) is 0.500. The lowest BCUT2D eigenvalue weighted by Gasteiger charge is -2.03. The average Bonchev–Trinajstić information content (AvgIpc) is 3.00. The van der Waals surface area contributed by atoms with Crippen LogP contribution in [0.4, 0.5) is 0 Å². The third-order valence-electron chi connectivity index (χ3n) is 2.73. The average molecular weight is 252 g/mol. The molecule has 0 spiro atoms. The Morgan fingerprint density at radius 3 is 2.78 bits per heavy atom. The molecule has 6 heteroatoms. The van der Waals surface area contributed by atoms with Gasteiger partial charge in [0.1, 0.15) is 17.1 Å². The number of amides is 1. The highest BCUT2D eigenvalue weighted by Crippen LogP contribution is 2.18. The second-order valence-electron chi connectivity index (χ2n) is 4.43. The molecule has 1 amide bonds. The number of rotatable bonds is 6. The number of hydrogen-bond donors (Lipinski definition) is 3. The highest BCUT2D eigenvalue weighted by Gasteiger charge is 2.22. The monoisotopic (exact) mass is 252 g/mol. The Balaban J connectivity index is 1.77. The third kappa shape index (κ3) is 3.33. The van der Waals surface area contributed by atoms with Crippen LogP contribution in [0.25, 0.3) is 0 Å². The molecule has 18 heavy (non-hydrogen) atoms. The van der Waals surface area contributed by atoms with Crippen molar-refractivity contribution in [3.63, 3.8) is 0 Å². The maximum atomic E-state index is 11.4. The van der Waals surface area contributed by atoms with Crippen LogP contribution in [0.15, 0.2) is 10.5 Å². The SMILES string of the molecule is Cc1oc(CNCC(=O)NC2CC2)cc1C(=O)O. The summed E-state index contributed by atoms with van der Waals surface area (Å²) in [6, 6.07) is 1.83. The Labute approximate surface area is 104 Å². The number of aryl methyl sites for hydroxylation is 1. The largest absolute Gasteiger partial charge is 0.478 e. The van der Waals surface area contributed by atoms with Gasteiger partial charge in [0.25, 0.3) is 0 Å². The number of carboxylic acid groups (broad SMARTS) is 1. The molecule has 1 fully saturated rings. The maximum Gasteiger partial charge on any atom is 0.339 e. The lowest BCUT2D eigenvalue weighted by molar-refractivity contribution is -0.120. The number of nitrogens with one attached hydrogen (secondary N) is 2. The molecule has 1 heterocycles. The van der Waals surface area contributed by atoms with Crippen LogP contribution >= 0.6 is 0 Å². The molecule has 0 atom stereocenters. The molecule has 3 N–H and O–H groups in total. The lowest BCUT2D eigenvalue weighted by atomic mass is 10.2. The highest BCUT2D eigenvalue weighted by molar-refractivity contribution is 5.88. The number of carbonyl (C=O) groups is 2. The number of aromatic carboxylic acids is 1. The number of hydrogen-bond acceptors (Lipinski definition) is 4. The molecule has 0 aliphatic heterocycles. The summed E-state index contributed by atoms with van der Waals surface area (Å²) in [6.07, 6.45) is 2.12. The van der Waals surface area contributed by atoms with E-state index in [-0.39, 0.29) is 18.0 Å². The standard InChI is InChI=1S/C12H16N2O4/c1-7-10(12(16)17)4-9(18-7)5-13-6-11(15)14-8-2-3-8/h4,8,13H,2-3,5-6H2,1H3,(H,14,15)(H,16,17). The van der Waals surface area contributed by atoms with E-state index >= 15 is 0 Å². The van der Waals surface area contributed by atoms with E-state index in [4.69, 9.17) is 9.52 Å². The van der Waals surface area contributed by atoms with Crippen LogP contribution in [-0.4, -0.2) is 29.6 Å². The predicted molar refractivity (Wildman–Crippen MR) is 63.3 cm³/mol. The van der Waals surface area contributed by atoms with Gasteiger partial charge in [-0.1, -0.05) is 0 Å². The minimum absolute atomic E-state index is 0.0424. The fourth-order valence-corrected chi connectivity index (χ4v) is 1.65. The zero-order valence-electron chi connectivity index (χ0n) is 10.2. The molecule has 6 nitrogen and oxygen atoms in total. The molecule has 1 aromatic heterocycles. The molecule has 2 rings (SSSR count). The van der Waals surface area contributed by atoms with E-state index in [0.29, 0.717) is 24.1 Å². The van der Waals surface area contributed by atoms with E-state index in [9.17, 15) is 9.59 Å². The van der Waals surface area contributed by atoms with Crippen molar-refractivity contribution in [2.75, 3.05) is 6.54 Å². The number of carboxylic acids is 1. The van der Waals surface area contributed by atoms with E-state index < -0.39 is 5.97 Å². The van der Waals surface area contributed by atoms with E-state index in [2.05, 4.69) is 10.6 Å². The Morgan fingerprint density at radius 2 is 2.22 bits per heavy atom. The Morgan fingerprint density at radius 1 is 1.50 bits per heavy atom. The van der Waals surface area contributed by atoms with Crippen LogP contribution < -0.4 is 10.6 Å². The van der Waals surface area contributed by atoms with E-state index in [1.54, 1.807) is 6.92 Å². The van der Waals surface area contributed by atoms with Crippen molar-refractivity contribution in [2.24, 2.45) is 0 Å². The first kappa shape index (κ1) is 12.6. The van der Waals surface area contributed by atoms with Gasteiger partial charge in [0.05, 0.1) is 13.1 Å². The fourth-order valence-electron chi connectivity index (χ4n) is 1.65. The van der Waals surface area contributed by atoms with Crippen LogP contribution in [0, 0.1) is 6.92 Å². The minimum atomic E-state index is -1.01. The van der Waals surface area contributed by atoms with Crippen molar-refractivity contribution in [3.05, 3.63) is 23.2 Å². The van der Waals surface area contributed by atoms with Crippen LogP contribution in [0.2, 0.25) is 0 Å². The summed E-state index contributed by atoms with van der Waals surface area (Å²) < 4.78 is 5.28. The second kappa shape index (κ2) is 5.22. The van der Waals surface area contributed by atoms with E-state index in [1.807, 2.05) is 0 Å². The van der Waals surface area contributed by atoms with Gasteiger partial charge in [0, 0.05) is 6.04 Å². The molecule has 1 aliphatic carbocycles. The Bertz CT molecular complexity index is 463. The van der Waals surface area contributed by atoms with Crippen molar-refractivity contribution < 1.29 is 19.1 Å². The van der Waals surface area contributed by atoms with Gasteiger partial charge in [0.15, 0.2) is 0 Å². The molecule has 98 valence electrons. The van der Waals surface area contributed by atoms with E-state index in [0.717, 1.165) is 12.8 Å². The van der Waals surface area contributed by atoms with Crippen molar-refractivity contribution in [1.29, 1.82) is 0 Å². The summed E-state index contributed by atoms with van der Waals surface area (Å²) in [4.78, 5) is 22.2. The molecular formula is C12H16N2O4. The molecule has 1 aliphatic rings. The molecule has 0 unspecified atom stereocenters. The quantitative estimate of drug-likeness (QED) is 0.691. The van der Waals surface area contributed by atoms with Crippen molar-refractivity contribution >= 4 is 11.9 Å². The van der Waals surface area contributed by atoms with Crippen molar-refractivity contribution in [1.82, 2.24) is 10.6 Å².